The number of anilines is 1. The number of halogens is 2. The molecule has 4 rings (SSSR count). The van der Waals surface area contributed by atoms with Crippen LogP contribution in [-0.4, -0.2) is 73.6 Å². The second-order valence-electron chi connectivity index (χ2n) is 8.85. The van der Waals surface area contributed by atoms with Crippen molar-refractivity contribution in [2.75, 3.05) is 57.8 Å². The van der Waals surface area contributed by atoms with Crippen molar-refractivity contribution in [2.24, 2.45) is 10.9 Å². The fraction of sp³-hybridized carbons (Fsp3) is 0.583. The maximum Gasteiger partial charge on any atom is 0.208 e. The zero-order valence-electron chi connectivity index (χ0n) is 19.9. The van der Waals surface area contributed by atoms with Crippen LogP contribution < -0.4 is 10.2 Å². The standard InChI is InChI=1S/C24H35FN6O.HI/c1-18-19(2)32-23(28-18)17-29-10-8-20(9-11-29)16-27-24(26-3)31-14-12-30(13-15-31)22-6-4-21(25)5-7-22;/h4-7,20H,8-17H2,1-3H3,(H,26,27);1H. The summed E-state index contributed by atoms with van der Waals surface area (Å²) < 4.78 is 18.9. The van der Waals surface area contributed by atoms with Gasteiger partial charge >= 0.3 is 0 Å². The van der Waals surface area contributed by atoms with Gasteiger partial charge in [-0.3, -0.25) is 9.89 Å². The number of likely N-dealkylation sites (tertiary alicyclic amines) is 1. The van der Waals surface area contributed by atoms with Gasteiger partial charge in [0.2, 0.25) is 5.89 Å². The van der Waals surface area contributed by atoms with Crippen molar-refractivity contribution in [3.8, 4) is 0 Å². The number of benzene rings is 1. The average Bonchev–Trinajstić information content (AvgIpc) is 3.13. The normalized spacial score (nSPS) is 18.4. The third-order valence-corrected chi connectivity index (χ3v) is 6.67. The van der Waals surface area contributed by atoms with Crippen LogP contribution in [0.2, 0.25) is 0 Å². The Morgan fingerprint density at radius 1 is 1.09 bits per heavy atom. The average molecular weight is 570 g/mol. The summed E-state index contributed by atoms with van der Waals surface area (Å²) in [5.41, 5.74) is 2.07. The Morgan fingerprint density at radius 2 is 1.76 bits per heavy atom. The highest BCUT2D eigenvalue weighted by Gasteiger charge is 2.23. The van der Waals surface area contributed by atoms with E-state index in [0.29, 0.717) is 5.92 Å². The van der Waals surface area contributed by atoms with Crippen LogP contribution in [0.5, 0.6) is 0 Å². The molecule has 2 aliphatic rings. The molecule has 2 aliphatic heterocycles. The molecular formula is C24H36FIN6O. The summed E-state index contributed by atoms with van der Waals surface area (Å²) in [5, 5.41) is 3.60. The third-order valence-electron chi connectivity index (χ3n) is 6.67. The Bertz CT molecular complexity index is 883. The van der Waals surface area contributed by atoms with E-state index in [4.69, 9.17) is 4.42 Å². The smallest absolute Gasteiger partial charge is 0.208 e. The number of guanidine groups is 1. The van der Waals surface area contributed by atoms with E-state index in [2.05, 4.69) is 30.0 Å². The van der Waals surface area contributed by atoms with Gasteiger partial charge < -0.3 is 19.5 Å². The lowest BCUT2D eigenvalue weighted by atomic mass is 9.97. The molecule has 0 spiro atoms. The zero-order valence-corrected chi connectivity index (χ0v) is 22.2. The van der Waals surface area contributed by atoms with Gasteiger partial charge in [0.25, 0.3) is 0 Å². The number of aryl methyl sites for hydroxylation is 2. The summed E-state index contributed by atoms with van der Waals surface area (Å²) >= 11 is 0. The molecule has 2 saturated heterocycles. The van der Waals surface area contributed by atoms with Crippen molar-refractivity contribution < 1.29 is 8.81 Å². The summed E-state index contributed by atoms with van der Waals surface area (Å²) in [4.78, 5) is 16.1. The topological polar surface area (TPSA) is 60.1 Å². The monoisotopic (exact) mass is 570 g/mol. The van der Waals surface area contributed by atoms with Gasteiger partial charge in [-0.15, -0.1) is 24.0 Å². The molecule has 1 aromatic heterocycles. The number of piperazine rings is 1. The minimum absolute atomic E-state index is 0. The van der Waals surface area contributed by atoms with Gasteiger partial charge in [-0.2, -0.15) is 0 Å². The van der Waals surface area contributed by atoms with Gasteiger partial charge in [0.1, 0.15) is 11.6 Å². The van der Waals surface area contributed by atoms with Gasteiger partial charge in [0, 0.05) is 45.5 Å². The van der Waals surface area contributed by atoms with E-state index in [1.807, 2.05) is 33.0 Å². The van der Waals surface area contributed by atoms with E-state index >= 15 is 0 Å². The Labute approximate surface area is 213 Å². The van der Waals surface area contributed by atoms with Crippen LogP contribution in [0.4, 0.5) is 10.1 Å². The first-order chi connectivity index (χ1) is 15.5. The van der Waals surface area contributed by atoms with Crippen LogP contribution in [0.1, 0.15) is 30.2 Å². The third kappa shape index (κ3) is 6.81. The number of aromatic nitrogens is 1. The maximum absolute atomic E-state index is 13.2. The minimum atomic E-state index is -0.189. The van der Waals surface area contributed by atoms with Gasteiger partial charge in [-0.1, -0.05) is 0 Å². The highest BCUT2D eigenvalue weighted by atomic mass is 127. The summed E-state index contributed by atoms with van der Waals surface area (Å²) in [6.07, 6.45) is 2.34. The minimum Gasteiger partial charge on any atom is -0.444 e. The van der Waals surface area contributed by atoms with Crippen molar-refractivity contribution in [2.45, 2.75) is 33.2 Å². The highest BCUT2D eigenvalue weighted by molar-refractivity contribution is 14.0. The van der Waals surface area contributed by atoms with E-state index in [1.54, 1.807) is 0 Å². The number of nitrogens with one attached hydrogen (secondary N) is 1. The molecule has 0 amide bonds. The molecule has 0 unspecified atom stereocenters. The Morgan fingerprint density at radius 3 is 2.33 bits per heavy atom. The van der Waals surface area contributed by atoms with Gasteiger partial charge in [-0.25, -0.2) is 9.37 Å². The van der Waals surface area contributed by atoms with E-state index in [9.17, 15) is 4.39 Å². The van der Waals surface area contributed by atoms with Gasteiger partial charge in [0.05, 0.1) is 12.2 Å². The largest absolute Gasteiger partial charge is 0.444 e. The van der Waals surface area contributed by atoms with Gasteiger partial charge in [-0.05, 0) is 70.0 Å². The molecule has 1 aromatic carbocycles. The molecule has 7 nitrogen and oxygen atoms in total. The fourth-order valence-electron chi connectivity index (χ4n) is 4.54. The zero-order chi connectivity index (χ0) is 22.5. The summed E-state index contributed by atoms with van der Waals surface area (Å²) in [7, 11) is 1.86. The van der Waals surface area contributed by atoms with Crippen LogP contribution in [0, 0.1) is 25.6 Å². The molecule has 9 heteroatoms. The summed E-state index contributed by atoms with van der Waals surface area (Å²) in [6.45, 7) is 11.5. The first-order valence-corrected chi connectivity index (χ1v) is 11.6. The second kappa shape index (κ2) is 12.0. The number of hydrogen-bond donors (Lipinski definition) is 1. The van der Waals surface area contributed by atoms with Crippen molar-refractivity contribution in [1.29, 1.82) is 0 Å². The molecule has 0 aliphatic carbocycles. The number of piperidine rings is 1. The molecule has 33 heavy (non-hydrogen) atoms. The van der Waals surface area contributed by atoms with Crippen LogP contribution in [0.15, 0.2) is 33.7 Å². The second-order valence-corrected chi connectivity index (χ2v) is 8.85. The Kier molecular flexibility index (Phi) is 9.37. The van der Waals surface area contributed by atoms with E-state index in [0.717, 1.165) is 81.3 Å². The van der Waals surface area contributed by atoms with Crippen LogP contribution in [-0.2, 0) is 6.54 Å². The first-order valence-electron chi connectivity index (χ1n) is 11.6. The van der Waals surface area contributed by atoms with Gasteiger partial charge in [0.15, 0.2) is 5.96 Å². The predicted molar refractivity (Wildman–Crippen MR) is 141 cm³/mol. The maximum atomic E-state index is 13.2. The van der Waals surface area contributed by atoms with Crippen LogP contribution in [0.3, 0.4) is 0 Å². The number of rotatable bonds is 5. The number of oxazole rings is 1. The molecule has 3 heterocycles. The predicted octanol–water partition coefficient (Wildman–Crippen LogP) is 3.66. The molecule has 0 saturated carbocycles. The lowest BCUT2D eigenvalue weighted by Crippen LogP contribution is -2.53. The molecule has 2 aromatic rings. The van der Waals surface area contributed by atoms with Crippen LogP contribution >= 0.6 is 24.0 Å². The fourth-order valence-corrected chi connectivity index (χ4v) is 4.54. The van der Waals surface area contributed by atoms with Crippen molar-refractivity contribution in [3.05, 3.63) is 47.4 Å². The van der Waals surface area contributed by atoms with Crippen molar-refractivity contribution in [3.63, 3.8) is 0 Å². The molecule has 182 valence electrons. The number of aliphatic imine (C=N–C) groups is 1. The molecule has 0 bridgehead atoms. The number of hydrogen-bond acceptors (Lipinski definition) is 5. The first kappa shape index (κ1) is 25.7. The number of nitrogens with zero attached hydrogens (tertiary/aromatic N) is 5. The molecule has 0 radical (unpaired) electrons. The van der Waals surface area contributed by atoms with Crippen molar-refractivity contribution >= 4 is 35.6 Å². The Hall–Kier alpha value is -1.88. The molecule has 1 N–H and O–H groups in total. The SMILES string of the molecule is CN=C(NCC1CCN(Cc2nc(C)c(C)o2)CC1)N1CCN(c2ccc(F)cc2)CC1.I. The molecule has 0 atom stereocenters. The van der Waals surface area contributed by atoms with E-state index in [-0.39, 0.29) is 29.8 Å². The highest BCUT2D eigenvalue weighted by Crippen LogP contribution is 2.20. The van der Waals surface area contributed by atoms with E-state index < -0.39 is 0 Å². The van der Waals surface area contributed by atoms with Crippen molar-refractivity contribution in [1.82, 2.24) is 20.1 Å². The Balaban J connectivity index is 0.00000306. The van der Waals surface area contributed by atoms with E-state index in [1.165, 1.54) is 25.0 Å². The summed E-state index contributed by atoms with van der Waals surface area (Å²) in [6, 6.07) is 6.77. The molecular weight excluding hydrogens is 534 g/mol. The lowest BCUT2D eigenvalue weighted by Gasteiger charge is -2.38. The quantitative estimate of drug-likeness (QED) is 0.337. The van der Waals surface area contributed by atoms with Crippen LogP contribution in [0.25, 0.3) is 0 Å². The summed E-state index contributed by atoms with van der Waals surface area (Å²) in [5.74, 6) is 3.19. The lowest BCUT2D eigenvalue weighted by molar-refractivity contribution is 0.163. The molecule has 2 fully saturated rings.